The number of rotatable bonds is 6. The number of amides is 2. The molecule has 4 fully saturated rings. The van der Waals surface area contributed by atoms with Gasteiger partial charge in [-0.3, -0.25) is 14.4 Å². The Balaban J connectivity index is 1.42. The number of nitrogens with zero attached hydrogens (tertiary/aromatic N) is 1. The van der Waals surface area contributed by atoms with Gasteiger partial charge >= 0.3 is 5.97 Å². The molecule has 1 aromatic rings. The van der Waals surface area contributed by atoms with E-state index in [2.05, 4.69) is 29.6 Å². The summed E-state index contributed by atoms with van der Waals surface area (Å²) in [5, 5.41) is 2.52. The maximum Gasteiger partial charge on any atom is 0.312 e. The molecule has 1 N–H and O–H groups in total. The highest BCUT2D eigenvalue weighted by Crippen LogP contribution is 2.66. The van der Waals surface area contributed by atoms with Gasteiger partial charge < -0.3 is 15.0 Å². The van der Waals surface area contributed by atoms with Crippen molar-refractivity contribution in [1.29, 1.82) is 0 Å². The number of ether oxygens (including phenoxy) is 1. The van der Waals surface area contributed by atoms with Crippen LogP contribution < -0.4 is 5.32 Å². The molecule has 4 aliphatic carbocycles. The number of benzene rings is 1. The summed E-state index contributed by atoms with van der Waals surface area (Å²) in [4.78, 5) is 38.2. The van der Waals surface area contributed by atoms with Crippen LogP contribution in [0.1, 0.15) is 44.1 Å². The highest BCUT2D eigenvalue weighted by Gasteiger charge is 2.61. The highest BCUT2D eigenvalue weighted by molar-refractivity contribution is 5.87. The van der Waals surface area contributed by atoms with Crippen LogP contribution in [0.5, 0.6) is 0 Å². The molecular formula is C23H30N2O4. The van der Waals surface area contributed by atoms with Crippen molar-refractivity contribution in [2.24, 2.45) is 17.3 Å². The van der Waals surface area contributed by atoms with E-state index in [-0.39, 0.29) is 30.4 Å². The summed E-state index contributed by atoms with van der Waals surface area (Å²) in [6.07, 6.45) is 6.06. The quantitative estimate of drug-likeness (QED) is 0.746. The Morgan fingerprint density at radius 3 is 2.34 bits per heavy atom. The van der Waals surface area contributed by atoms with Crippen LogP contribution in [-0.2, 0) is 24.5 Å². The maximum absolute atomic E-state index is 13.1. The lowest BCUT2D eigenvalue weighted by molar-refractivity contribution is -0.175. The molecule has 4 bridgehead atoms. The first kappa shape index (κ1) is 19.9. The third-order valence-electron chi connectivity index (χ3n) is 7.15. The molecular weight excluding hydrogens is 368 g/mol. The summed E-state index contributed by atoms with van der Waals surface area (Å²) >= 11 is 0. The van der Waals surface area contributed by atoms with Crippen LogP contribution >= 0.6 is 0 Å². The Kier molecular flexibility index (Phi) is 5.13. The van der Waals surface area contributed by atoms with E-state index < -0.39 is 11.3 Å². The molecule has 4 aliphatic rings. The van der Waals surface area contributed by atoms with Gasteiger partial charge in [0.25, 0.3) is 5.91 Å². The van der Waals surface area contributed by atoms with Crippen molar-refractivity contribution in [3.05, 3.63) is 35.9 Å². The number of likely N-dealkylation sites (N-methyl/N-ethyl adjacent to an activating group) is 1. The molecule has 6 nitrogen and oxygen atoms in total. The van der Waals surface area contributed by atoms with E-state index in [1.165, 1.54) is 16.9 Å². The second-order valence-electron chi connectivity index (χ2n) is 9.53. The van der Waals surface area contributed by atoms with E-state index in [9.17, 15) is 14.4 Å². The van der Waals surface area contributed by atoms with Crippen LogP contribution in [0.4, 0.5) is 0 Å². The molecule has 0 aromatic heterocycles. The molecule has 0 spiro atoms. The van der Waals surface area contributed by atoms with Crippen molar-refractivity contribution in [2.75, 3.05) is 27.2 Å². The topological polar surface area (TPSA) is 75.7 Å². The molecule has 6 heteroatoms. The van der Waals surface area contributed by atoms with Gasteiger partial charge in [0.15, 0.2) is 6.61 Å². The second-order valence-corrected chi connectivity index (χ2v) is 9.53. The van der Waals surface area contributed by atoms with E-state index >= 15 is 0 Å². The molecule has 4 atom stereocenters. The van der Waals surface area contributed by atoms with Gasteiger partial charge in [0.05, 0.1) is 12.0 Å². The standard InChI is InChI=1S/C23H30N2O4/c1-25(2)20(27)13-24-19(26)14-29-21(28)23-11-16-8-17(12-23)10-22(9-16,15-23)18-6-4-3-5-7-18/h3-7,16-17H,8-15H2,1-2H3,(H,24,26)/t16-,17+,22?,23?. The van der Waals surface area contributed by atoms with Gasteiger partial charge in [0.1, 0.15) is 0 Å². The van der Waals surface area contributed by atoms with Crippen LogP contribution in [0, 0.1) is 17.3 Å². The van der Waals surface area contributed by atoms with Crippen LogP contribution in [0.2, 0.25) is 0 Å². The molecule has 0 radical (unpaired) electrons. The van der Waals surface area contributed by atoms with Crippen molar-refractivity contribution >= 4 is 17.8 Å². The average Bonchev–Trinajstić information content (AvgIpc) is 2.69. The molecule has 0 heterocycles. The first-order chi connectivity index (χ1) is 13.8. The van der Waals surface area contributed by atoms with Crippen molar-refractivity contribution in [2.45, 2.75) is 43.9 Å². The third kappa shape index (κ3) is 3.77. The van der Waals surface area contributed by atoms with Gasteiger partial charge in [-0.2, -0.15) is 0 Å². The van der Waals surface area contributed by atoms with Crippen molar-refractivity contribution in [3.8, 4) is 0 Å². The fraction of sp³-hybridized carbons (Fsp3) is 0.609. The predicted molar refractivity (Wildman–Crippen MR) is 108 cm³/mol. The van der Waals surface area contributed by atoms with Crippen molar-refractivity contribution in [1.82, 2.24) is 10.2 Å². The van der Waals surface area contributed by atoms with Gasteiger partial charge in [-0.15, -0.1) is 0 Å². The first-order valence-corrected chi connectivity index (χ1v) is 10.5. The maximum atomic E-state index is 13.1. The minimum Gasteiger partial charge on any atom is -0.455 e. The van der Waals surface area contributed by atoms with Crippen LogP contribution in [-0.4, -0.2) is 49.9 Å². The fourth-order valence-electron chi connectivity index (χ4n) is 6.30. The van der Waals surface area contributed by atoms with E-state index in [0.717, 1.165) is 32.1 Å². The number of esters is 1. The van der Waals surface area contributed by atoms with E-state index in [1.54, 1.807) is 14.1 Å². The summed E-state index contributed by atoms with van der Waals surface area (Å²) in [7, 11) is 3.26. The zero-order valence-electron chi connectivity index (χ0n) is 17.3. The van der Waals surface area contributed by atoms with Gasteiger partial charge in [0, 0.05) is 14.1 Å². The number of hydrogen-bond acceptors (Lipinski definition) is 4. The molecule has 0 saturated heterocycles. The average molecular weight is 399 g/mol. The summed E-state index contributed by atoms with van der Waals surface area (Å²) in [5.74, 6) is 0.235. The molecule has 4 saturated carbocycles. The normalized spacial score (nSPS) is 31.9. The second kappa shape index (κ2) is 7.47. The summed E-state index contributed by atoms with van der Waals surface area (Å²) in [6, 6.07) is 10.6. The highest BCUT2D eigenvalue weighted by atomic mass is 16.5. The molecule has 156 valence electrons. The monoisotopic (exact) mass is 398 g/mol. The molecule has 1 aromatic carbocycles. The Morgan fingerprint density at radius 2 is 1.72 bits per heavy atom. The lowest BCUT2D eigenvalue weighted by atomic mass is 9.43. The van der Waals surface area contributed by atoms with E-state index in [1.807, 2.05) is 6.07 Å². The number of carbonyl (C=O) groups excluding carboxylic acids is 3. The summed E-state index contributed by atoms with van der Waals surface area (Å²) in [5.41, 5.74) is 0.927. The SMILES string of the molecule is CN(C)C(=O)CNC(=O)COC(=O)C12C[C@H]3C[C@@H](C1)CC(c1ccccc1)(C3)C2. The predicted octanol–water partition coefficient (Wildman–Crippen LogP) is 2.27. The molecule has 5 rings (SSSR count). The number of nitrogens with one attached hydrogen (secondary N) is 1. The molecule has 2 amide bonds. The number of carbonyl (C=O) groups is 3. The van der Waals surface area contributed by atoms with Crippen LogP contribution in [0.25, 0.3) is 0 Å². The van der Waals surface area contributed by atoms with Crippen LogP contribution in [0.3, 0.4) is 0 Å². The summed E-state index contributed by atoms with van der Waals surface area (Å²) in [6.45, 7) is -0.412. The largest absolute Gasteiger partial charge is 0.455 e. The Morgan fingerprint density at radius 1 is 1.07 bits per heavy atom. The lowest BCUT2D eigenvalue weighted by Gasteiger charge is -2.61. The minimum absolute atomic E-state index is 0.0603. The lowest BCUT2D eigenvalue weighted by Crippen LogP contribution is -2.57. The zero-order chi connectivity index (χ0) is 20.6. The fourth-order valence-corrected chi connectivity index (χ4v) is 6.30. The van der Waals surface area contributed by atoms with Gasteiger partial charge in [0.2, 0.25) is 5.91 Å². The van der Waals surface area contributed by atoms with Gasteiger partial charge in [-0.1, -0.05) is 30.3 Å². The molecule has 0 aliphatic heterocycles. The zero-order valence-corrected chi connectivity index (χ0v) is 17.3. The number of hydrogen-bond donors (Lipinski definition) is 1. The van der Waals surface area contributed by atoms with E-state index in [0.29, 0.717) is 11.8 Å². The third-order valence-corrected chi connectivity index (χ3v) is 7.15. The van der Waals surface area contributed by atoms with Gasteiger partial charge in [-0.05, 0) is 61.3 Å². The molecule has 29 heavy (non-hydrogen) atoms. The van der Waals surface area contributed by atoms with Crippen LogP contribution in [0.15, 0.2) is 30.3 Å². The van der Waals surface area contributed by atoms with Gasteiger partial charge in [-0.25, -0.2) is 0 Å². The Hall–Kier alpha value is -2.37. The Bertz CT molecular complexity index is 790. The van der Waals surface area contributed by atoms with Crippen molar-refractivity contribution in [3.63, 3.8) is 0 Å². The van der Waals surface area contributed by atoms with E-state index in [4.69, 9.17) is 4.74 Å². The molecule has 2 unspecified atom stereocenters. The van der Waals surface area contributed by atoms with Crippen molar-refractivity contribution < 1.29 is 19.1 Å². The summed E-state index contributed by atoms with van der Waals surface area (Å²) < 4.78 is 5.49. The Labute approximate surface area is 172 Å². The first-order valence-electron chi connectivity index (χ1n) is 10.5. The smallest absolute Gasteiger partial charge is 0.312 e. The minimum atomic E-state index is -0.473.